The van der Waals surface area contributed by atoms with E-state index in [2.05, 4.69) is 74.3 Å². The molecule has 0 saturated carbocycles. The fourth-order valence-corrected chi connectivity index (χ4v) is 5.17. The molecule has 0 amide bonds. The van der Waals surface area contributed by atoms with E-state index in [4.69, 9.17) is 9.97 Å². The summed E-state index contributed by atoms with van der Waals surface area (Å²) in [6.45, 7) is 10.9. The number of hydrogen-bond donors (Lipinski definition) is 4. The largest absolute Gasteiger partial charge is 0.358 e. The number of benzene rings is 1. The number of nitrogens with zero attached hydrogens (tertiary/aromatic N) is 5. The molecule has 5 heterocycles. The molecular weight excluding hydrogens is 573 g/mol. The molecule has 224 valence electrons. The van der Waals surface area contributed by atoms with E-state index in [0.29, 0.717) is 45.7 Å². The molecule has 44 heavy (non-hydrogen) atoms. The lowest BCUT2D eigenvalue weighted by Crippen LogP contribution is -2.15. The van der Waals surface area contributed by atoms with Crippen molar-refractivity contribution in [1.29, 1.82) is 0 Å². The van der Waals surface area contributed by atoms with Crippen LogP contribution in [-0.2, 0) is 6.54 Å². The summed E-state index contributed by atoms with van der Waals surface area (Å²) in [6, 6.07) is 10.8. The van der Waals surface area contributed by atoms with Crippen molar-refractivity contribution in [3.05, 3.63) is 84.8 Å². The van der Waals surface area contributed by atoms with Gasteiger partial charge in [0.2, 0.25) is 0 Å². The zero-order chi connectivity index (χ0) is 31.2. The third-order valence-electron chi connectivity index (χ3n) is 7.15. The van der Waals surface area contributed by atoms with Crippen molar-refractivity contribution in [1.82, 2.24) is 39.8 Å². The molecule has 4 N–H and O–H groups in total. The summed E-state index contributed by atoms with van der Waals surface area (Å²) in [4.78, 5) is 22.0. The molecule has 0 unspecified atom stereocenters. The van der Waals surface area contributed by atoms with Crippen molar-refractivity contribution < 1.29 is 4.39 Å². The summed E-state index contributed by atoms with van der Waals surface area (Å²) in [7, 11) is -1.45. The number of H-pyrrole nitrogens is 2. The standard InChI is InChI=1S/C33H34FN9S/c1-19(33(2,3)4)38-24-13-22(15-35-16-24)26-8-9-27-30(39-26)31(43-42-27)32-40-28-18-36-17-25(29(28)41-32)21-10-20(11-23(34)12-21)14-37-44(5,6)7/h8-13,15-18,37-38H,1,5-6,14H2,2-4,7H3,(H,40,41)(H,42,43). The fraction of sp³-hybridized carbons (Fsp3) is 0.182. The molecule has 6 rings (SSSR count). The minimum absolute atomic E-state index is 0.0997. The van der Waals surface area contributed by atoms with Gasteiger partial charge in [-0.1, -0.05) is 39.1 Å². The van der Waals surface area contributed by atoms with Crippen LogP contribution in [0.25, 0.3) is 56.0 Å². The molecule has 0 saturated heterocycles. The Morgan fingerprint density at radius 3 is 2.50 bits per heavy atom. The first-order valence-corrected chi connectivity index (χ1v) is 16.3. The second kappa shape index (κ2) is 11.0. The topological polar surface area (TPSA) is 120 Å². The van der Waals surface area contributed by atoms with Crippen molar-refractivity contribution in [2.75, 3.05) is 11.6 Å². The summed E-state index contributed by atoms with van der Waals surface area (Å²) >= 11 is 0. The third kappa shape index (κ3) is 6.10. The Kier molecular flexibility index (Phi) is 7.30. The van der Waals surface area contributed by atoms with Crippen molar-refractivity contribution in [2.24, 2.45) is 5.41 Å². The molecule has 0 aliphatic carbocycles. The number of imidazole rings is 1. The lowest BCUT2D eigenvalue weighted by atomic mass is 9.93. The number of fused-ring (bicyclic) bond motifs is 2. The Morgan fingerprint density at radius 1 is 0.932 bits per heavy atom. The van der Waals surface area contributed by atoms with Crippen molar-refractivity contribution >= 4 is 48.9 Å². The molecule has 0 atom stereocenters. The van der Waals surface area contributed by atoms with Crippen LogP contribution in [0, 0.1) is 11.2 Å². The van der Waals surface area contributed by atoms with Gasteiger partial charge in [0.05, 0.1) is 40.3 Å². The number of halogens is 1. The molecule has 5 aromatic heterocycles. The number of rotatable bonds is 8. The average Bonchev–Trinajstić information content (AvgIpc) is 3.59. The smallest absolute Gasteiger partial charge is 0.161 e. The molecule has 9 nitrogen and oxygen atoms in total. The van der Waals surface area contributed by atoms with Gasteiger partial charge in [-0.15, -0.1) is 0 Å². The van der Waals surface area contributed by atoms with Gasteiger partial charge < -0.3 is 10.3 Å². The maximum atomic E-state index is 14.7. The summed E-state index contributed by atoms with van der Waals surface area (Å²) in [6.07, 6.45) is 8.87. The van der Waals surface area contributed by atoms with Crippen LogP contribution in [0.4, 0.5) is 10.1 Å². The van der Waals surface area contributed by atoms with E-state index in [0.717, 1.165) is 33.7 Å². The maximum Gasteiger partial charge on any atom is 0.161 e. The first kappa shape index (κ1) is 29.2. The maximum absolute atomic E-state index is 14.7. The van der Waals surface area contributed by atoms with Gasteiger partial charge >= 0.3 is 0 Å². The number of aromatic nitrogens is 7. The van der Waals surface area contributed by atoms with E-state index in [1.807, 2.05) is 30.5 Å². The second-order valence-corrected chi connectivity index (χ2v) is 14.9. The van der Waals surface area contributed by atoms with E-state index < -0.39 is 9.39 Å². The normalized spacial score (nSPS) is 12.2. The van der Waals surface area contributed by atoms with Gasteiger partial charge in [-0.3, -0.25) is 19.8 Å². The Balaban J connectivity index is 1.37. The fourth-order valence-electron chi connectivity index (χ4n) is 4.66. The summed E-state index contributed by atoms with van der Waals surface area (Å²) in [5.74, 6) is 8.26. The predicted molar refractivity (Wildman–Crippen MR) is 182 cm³/mol. The van der Waals surface area contributed by atoms with E-state index in [1.54, 1.807) is 24.8 Å². The minimum atomic E-state index is -1.45. The Labute approximate surface area is 255 Å². The van der Waals surface area contributed by atoms with E-state index >= 15 is 0 Å². The van der Waals surface area contributed by atoms with Gasteiger partial charge in [-0.05, 0) is 53.8 Å². The van der Waals surface area contributed by atoms with Gasteiger partial charge in [0.15, 0.2) is 11.5 Å². The highest BCUT2D eigenvalue weighted by Crippen LogP contribution is 2.33. The molecule has 1 aromatic carbocycles. The van der Waals surface area contributed by atoms with Crippen molar-refractivity contribution in [2.45, 2.75) is 27.3 Å². The van der Waals surface area contributed by atoms with Crippen LogP contribution in [-0.4, -0.2) is 53.1 Å². The molecular formula is C33H34FN9S. The van der Waals surface area contributed by atoms with Crippen LogP contribution < -0.4 is 10.0 Å². The molecule has 0 aliphatic heterocycles. The molecule has 0 fully saturated rings. The van der Waals surface area contributed by atoms with Crippen LogP contribution in [0.5, 0.6) is 0 Å². The SMILES string of the molecule is C=C(Nc1cncc(-c2ccc3[nH]nc(-c4nc5c(-c6cc(F)cc(CNS(=C)(=C)C)c6)cncc5[nH]4)c3n2)c1)C(C)(C)C. The number of pyridine rings is 3. The van der Waals surface area contributed by atoms with Gasteiger partial charge in [-0.25, -0.2) is 14.4 Å². The zero-order valence-corrected chi connectivity index (χ0v) is 25.9. The van der Waals surface area contributed by atoms with E-state index in [-0.39, 0.29) is 11.2 Å². The highest BCUT2D eigenvalue weighted by Gasteiger charge is 2.19. The van der Waals surface area contributed by atoms with Gasteiger partial charge in [0.25, 0.3) is 0 Å². The molecule has 0 aliphatic rings. The third-order valence-corrected chi connectivity index (χ3v) is 8.00. The van der Waals surface area contributed by atoms with E-state index in [1.165, 1.54) is 12.1 Å². The van der Waals surface area contributed by atoms with Crippen LogP contribution in [0.2, 0.25) is 0 Å². The van der Waals surface area contributed by atoms with Crippen LogP contribution >= 0.6 is 9.39 Å². The number of hydrogen-bond acceptors (Lipinski definition) is 7. The Bertz CT molecular complexity index is 2150. The van der Waals surface area contributed by atoms with Crippen LogP contribution in [0.3, 0.4) is 0 Å². The molecule has 11 heteroatoms. The number of nitrogens with one attached hydrogen (secondary N) is 4. The van der Waals surface area contributed by atoms with Crippen LogP contribution in [0.15, 0.2) is 73.5 Å². The van der Waals surface area contributed by atoms with E-state index in [9.17, 15) is 4.39 Å². The first-order chi connectivity index (χ1) is 20.8. The molecule has 0 bridgehead atoms. The minimum Gasteiger partial charge on any atom is -0.358 e. The lowest BCUT2D eigenvalue weighted by Gasteiger charge is -2.23. The van der Waals surface area contributed by atoms with Crippen molar-refractivity contribution in [3.63, 3.8) is 0 Å². The highest BCUT2D eigenvalue weighted by molar-refractivity contribution is 8.25. The van der Waals surface area contributed by atoms with Gasteiger partial charge in [0, 0.05) is 41.2 Å². The average molecular weight is 608 g/mol. The Morgan fingerprint density at radius 2 is 1.73 bits per heavy atom. The summed E-state index contributed by atoms with van der Waals surface area (Å²) in [5, 5.41) is 11.0. The number of anilines is 1. The van der Waals surface area contributed by atoms with Gasteiger partial charge in [0.1, 0.15) is 11.3 Å². The Hall–Kier alpha value is -4.87. The monoisotopic (exact) mass is 607 g/mol. The molecule has 0 spiro atoms. The second-order valence-electron chi connectivity index (χ2n) is 12.1. The predicted octanol–water partition coefficient (Wildman–Crippen LogP) is 7.04. The molecule has 6 aromatic rings. The van der Waals surface area contributed by atoms with Gasteiger partial charge in [-0.2, -0.15) is 14.5 Å². The summed E-state index contributed by atoms with van der Waals surface area (Å²) < 4.78 is 18.0. The first-order valence-electron chi connectivity index (χ1n) is 13.9. The highest BCUT2D eigenvalue weighted by atomic mass is 32.2. The number of allylic oxidation sites excluding steroid dienone is 1. The van der Waals surface area contributed by atoms with Crippen molar-refractivity contribution in [3.8, 4) is 33.9 Å². The lowest BCUT2D eigenvalue weighted by molar-refractivity contribution is 0.509. The zero-order valence-electron chi connectivity index (χ0n) is 25.1. The summed E-state index contributed by atoms with van der Waals surface area (Å²) in [5.41, 5.74) is 8.68. The van der Waals surface area contributed by atoms with Crippen LogP contribution in [0.1, 0.15) is 26.3 Å². The molecule has 0 radical (unpaired) electrons. The number of aromatic amines is 2. The quantitative estimate of drug-likeness (QED) is 0.137.